The molecule has 0 bridgehead atoms. The molecule has 13 heavy (non-hydrogen) atoms. The van der Waals surface area contributed by atoms with E-state index in [1.807, 2.05) is 24.3 Å². The molecule has 0 N–H and O–H groups in total. The molecule has 1 heterocycles. The largest absolute Gasteiger partial charge is 0.255 e. The number of pyridine rings is 1. The van der Waals surface area contributed by atoms with Gasteiger partial charge in [-0.15, -0.1) is 0 Å². The van der Waals surface area contributed by atoms with E-state index in [0.29, 0.717) is 10.4 Å². The molecule has 2 aromatic rings. The molecule has 4 heteroatoms. The molecule has 0 aliphatic heterocycles. The van der Waals surface area contributed by atoms with Gasteiger partial charge in [0.15, 0.2) is 0 Å². The van der Waals surface area contributed by atoms with Crippen molar-refractivity contribution in [3.63, 3.8) is 0 Å². The quantitative estimate of drug-likeness (QED) is 0.679. The van der Waals surface area contributed by atoms with E-state index >= 15 is 0 Å². The number of nitrogens with zero attached hydrogens (tertiary/aromatic N) is 1. The molecular weight excluding hydrogens is 206 g/mol. The first-order valence-electron chi connectivity index (χ1n) is 3.71. The van der Waals surface area contributed by atoms with Crippen LogP contribution in [0.4, 0.5) is 0 Å². The number of hydrogen-bond donors (Lipinski definition) is 0. The zero-order valence-corrected chi connectivity index (χ0v) is 8.18. The average Bonchev–Trinajstić information content (AvgIpc) is 2.17. The van der Waals surface area contributed by atoms with Crippen molar-refractivity contribution in [1.29, 1.82) is 0 Å². The molecular formula is C9H6ClNOS. The van der Waals surface area contributed by atoms with Gasteiger partial charge in [0, 0.05) is 11.6 Å². The molecule has 0 aliphatic rings. The molecule has 0 radical (unpaired) electrons. The fourth-order valence-corrected chi connectivity index (χ4v) is 2.09. The Bertz CT molecular complexity index is 467. The van der Waals surface area contributed by atoms with Crippen molar-refractivity contribution in [1.82, 2.24) is 4.98 Å². The Labute approximate surface area is 82.5 Å². The zero-order valence-electron chi connectivity index (χ0n) is 6.61. The van der Waals surface area contributed by atoms with E-state index in [1.54, 1.807) is 12.3 Å². The topological polar surface area (TPSA) is 30.0 Å². The minimum Gasteiger partial charge on any atom is -0.255 e. The fourth-order valence-electron chi connectivity index (χ4n) is 1.21. The summed E-state index contributed by atoms with van der Waals surface area (Å²) in [6.07, 6.45) is 1.66. The van der Waals surface area contributed by atoms with Crippen molar-refractivity contribution in [2.24, 2.45) is 0 Å². The summed E-state index contributed by atoms with van der Waals surface area (Å²) in [4.78, 5) is 4.69. The number of para-hydroxylation sites is 1. The number of benzene rings is 1. The Morgan fingerprint density at radius 1 is 1.23 bits per heavy atom. The number of hydrogen-bond acceptors (Lipinski definition) is 2. The lowest BCUT2D eigenvalue weighted by atomic mass is 10.2. The lowest BCUT2D eigenvalue weighted by molar-refractivity contribution is 0.691. The summed E-state index contributed by atoms with van der Waals surface area (Å²) in [7, 11) is 4.02. The maximum Gasteiger partial charge on any atom is 0.149 e. The zero-order chi connectivity index (χ0) is 9.26. The Balaban J connectivity index is 2.83. The van der Waals surface area contributed by atoms with E-state index in [1.165, 1.54) is 0 Å². The van der Waals surface area contributed by atoms with Crippen LogP contribution in [0.5, 0.6) is 0 Å². The highest BCUT2D eigenvalue weighted by Crippen LogP contribution is 2.20. The van der Waals surface area contributed by atoms with Gasteiger partial charge in [-0.05, 0) is 22.8 Å². The summed E-state index contributed by atoms with van der Waals surface area (Å²) < 4.78 is 11.1. The minimum absolute atomic E-state index is 0.569. The lowest BCUT2D eigenvalue weighted by Gasteiger charge is -1.99. The second-order valence-electron chi connectivity index (χ2n) is 2.55. The number of rotatable bonds is 1. The van der Waals surface area contributed by atoms with Gasteiger partial charge in [-0.1, -0.05) is 18.2 Å². The van der Waals surface area contributed by atoms with Gasteiger partial charge < -0.3 is 0 Å². The fraction of sp³-hybridized carbons (Fsp3) is 0. The maximum atomic E-state index is 11.1. The summed E-state index contributed by atoms with van der Waals surface area (Å²) in [6, 6.07) is 9.20. The molecule has 0 saturated carbocycles. The number of fused-ring (bicyclic) bond motifs is 1. The minimum atomic E-state index is -1.49. The van der Waals surface area contributed by atoms with E-state index in [0.717, 1.165) is 5.39 Å². The molecule has 2 nitrogen and oxygen atoms in total. The van der Waals surface area contributed by atoms with Crippen LogP contribution in [0.2, 0.25) is 0 Å². The predicted octanol–water partition coefficient (Wildman–Crippen LogP) is 2.50. The molecule has 0 amide bonds. The first kappa shape index (κ1) is 8.66. The monoisotopic (exact) mass is 211 g/mol. The number of halogens is 1. The Hall–Kier alpha value is -0.930. The van der Waals surface area contributed by atoms with Crippen LogP contribution in [-0.2, 0) is 10.0 Å². The van der Waals surface area contributed by atoms with Gasteiger partial charge in [0.2, 0.25) is 0 Å². The second-order valence-corrected chi connectivity index (χ2v) is 4.28. The van der Waals surface area contributed by atoms with Crippen LogP contribution in [0.1, 0.15) is 0 Å². The third-order valence-corrected chi connectivity index (χ3v) is 2.94. The normalized spacial score (nSPS) is 13.0. The van der Waals surface area contributed by atoms with Gasteiger partial charge in [0.05, 0.1) is 10.4 Å². The smallest absolute Gasteiger partial charge is 0.149 e. The van der Waals surface area contributed by atoms with Crippen molar-refractivity contribution in [3.05, 3.63) is 36.5 Å². The molecule has 1 aromatic carbocycles. The van der Waals surface area contributed by atoms with Crippen LogP contribution in [0.25, 0.3) is 10.9 Å². The molecule has 0 spiro atoms. The van der Waals surface area contributed by atoms with Crippen molar-refractivity contribution in [2.75, 3.05) is 0 Å². The van der Waals surface area contributed by atoms with Crippen molar-refractivity contribution < 1.29 is 4.21 Å². The Morgan fingerprint density at radius 2 is 2.00 bits per heavy atom. The van der Waals surface area contributed by atoms with E-state index in [4.69, 9.17) is 10.7 Å². The van der Waals surface area contributed by atoms with Gasteiger partial charge >= 0.3 is 0 Å². The first-order valence-corrected chi connectivity index (χ1v) is 5.68. The third-order valence-electron chi connectivity index (χ3n) is 1.77. The van der Waals surface area contributed by atoms with Crippen LogP contribution >= 0.6 is 10.7 Å². The molecule has 1 atom stereocenters. The van der Waals surface area contributed by atoms with Gasteiger partial charge in [0.25, 0.3) is 0 Å². The SMILES string of the molecule is O=S(Cl)c1cccc2cccnc12. The molecule has 2 rings (SSSR count). The summed E-state index contributed by atoms with van der Waals surface area (Å²) in [6.45, 7) is 0. The molecule has 0 saturated heterocycles. The molecule has 1 unspecified atom stereocenters. The van der Waals surface area contributed by atoms with Gasteiger partial charge in [-0.2, -0.15) is 0 Å². The second kappa shape index (κ2) is 3.44. The van der Waals surface area contributed by atoms with E-state index in [9.17, 15) is 4.21 Å². The van der Waals surface area contributed by atoms with Crippen LogP contribution in [0, 0.1) is 0 Å². The van der Waals surface area contributed by atoms with E-state index < -0.39 is 10.0 Å². The molecule has 0 fully saturated rings. The molecule has 0 aliphatic carbocycles. The first-order chi connectivity index (χ1) is 6.29. The summed E-state index contributed by atoms with van der Waals surface area (Å²) in [5.74, 6) is 0. The maximum absolute atomic E-state index is 11.1. The Kier molecular flexibility index (Phi) is 2.29. The predicted molar refractivity (Wildman–Crippen MR) is 54.0 cm³/mol. The highest BCUT2D eigenvalue weighted by atomic mass is 35.7. The lowest BCUT2D eigenvalue weighted by Crippen LogP contribution is -1.86. The summed E-state index contributed by atoms with van der Waals surface area (Å²) >= 11 is 0. The molecule has 66 valence electrons. The van der Waals surface area contributed by atoms with Gasteiger partial charge in [-0.25, -0.2) is 4.21 Å². The van der Waals surface area contributed by atoms with Crippen LogP contribution in [0.3, 0.4) is 0 Å². The van der Waals surface area contributed by atoms with Crippen LogP contribution in [-0.4, -0.2) is 9.19 Å². The standard InChI is InChI=1S/C9H6ClNOS/c10-13(12)8-5-1-3-7-4-2-6-11-9(7)8/h1-6H. The van der Waals surface area contributed by atoms with E-state index in [2.05, 4.69) is 4.98 Å². The highest BCUT2D eigenvalue weighted by Gasteiger charge is 2.05. The van der Waals surface area contributed by atoms with Crippen molar-refractivity contribution in [3.8, 4) is 0 Å². The molecule has 1 aromatic heterocycles. The summed E-state index contributed by atoms with van der Waals surface area (Å²) in [5.41, 5.74) is 0.707. The number of aromatic nitrogens is 1. The Morgan fingerprint density at radius 3 is 2.77 bits per heavy atom. The van der Waals surface area contributed by atoms with Gasteiger partial charge in [0.1, 0.15) is 10.0 Å². The summed E-state index contributed by atoms with van der Waals surface area (Å²) in [5, 5.41) is 0.953. The van der Waals surface area contributed by atoms with E-state index in [-0.39, 0.29) is 0 Å². The van der Waals surface area contributed by atoms with Crippen LogP contribution < -0.4 is 0 Å². The highest BCUT2D eigenvalue weighted by molar-refractivity contribution is 8.08. The third kappa shape index (κ3) is 1.57. The van der Waals surface area contributed by atoms with Crippen molar-refractivity contribution >= 4 is 31.6 Å². The average molecular weight is 212 g/mol. The van der Waals surface area contributed by atoms with Gasteiger partial charge in [-0.3, -0.25) is 4.98 Å². The van der Waals surface area contributed by atoms with Crippen LogP contribution in [0.15, 0.2) is 41.4 Å². The van der Waals surface area contributed by atoms with Crippen molar-refractivity contribution in [2.45, 2.75) is 4.90 Å².